The second kappa shape index (κ2) is 5.61. The van der Waals surface area contributed by atoms with Gasteiger partial charge in [0.1, 0.15) is 0 Å². The summed E-state index contributed by atoms with van der Waals surface area (Å²) in [4.78, 5) is 0. The molecule has 17 heavy (non-hydrogen) atoms. The maximum Gasteiger partial charge on any atom is 0.0713 e. The molecule has 0 radical (unpaired) electrons. The third-order valence-electron chi connectivity index (χ3n) is 2.56. The summed E-state index contributed by atoms with van der Waals surface area (Å²) in [5, 5.41) is 4.26. The van der Waals surface area contributed by atoms with Gasteiger partial charge < -0.3 is 10.5 Å². The van der Waals surface area contributed by atoms with Crippen LogP contribution in [-0.4, -0.2) is 23.4 Å². The minimum absolute atomic E-state index is 0.602. The molecule has 1 heterocycles. The van der Waals surface area contributed by atoms with Crippen LogP contribution in [-0.2, 0) is 17.9 Å². The van der Waals surface area contributed by atoms with E-state index >= 15 is 0 Å². The Kier molecular flexibility index (Phi) is 3.90. The first-order chi connectivity index (χ1) is 8.33. The molecule has 0 fully saturated rings. The minimum atomic E-state index is 0.602. The highest BCUT2D eigenvalue weighted by atomic mass is 16.5. The van der Waals surface area contributed by atoms with Gasteiger partial charge in [-0.1, -0.05) is 18.2 Å². The second-order valence-corrected chi connectivity index (χ2v) is 3.91. The van der Waals surface area contributed by atoms with Gasteiger partial charge in [0.15, 0.2) is 0 Å². The molecule has 2 N–H and O–H groups in total. The third kappa shape index (κ3) is 2.93. The van der Waals surface area contributed by atoms with Crippen molar-refractivity contribution < 1.29 is 4.74 Å². The lowest BCUT2D eigenvalue weighted by Crippen LogP contribution is -2.09. The fraction of sp³-hybridized carbons (Fsp3) is 0.308. The van der Waals surface area contributed by atoms with Gasteiger partial charge in [-0.05, 0) is 17.2 Å². The molecule has 0 bridgehead atoms. The number of aromatic nitrogens is 2. The van der Waals surface area contributed by atoms with Crippen molar-refractivity contribution in [3.63, 3.8) is 0 Å². The molecule has 2 rings (SSSR count). The lowest BCUT2D eigenvalue weighted by atomic mass is 10.1. The first kappa shape index (κ1) is 11.8. The van der Waals surface area contributed by atoms with Gasteiger partial charge in [0.05, 0.1) is 19.3 Å². The third-order valence-corrected chi connectivity index (χ3v) is 2.56. The SMILES string of the molecule is COCc1cccc(-c2cnn(CCN)c2)c1. The van der Waals surface area contributed by atoms with E-state index < -0.39 is 0 Å². The molecular weight excluding hydrogens is 214 g/mol. The Bertz CT molecular complexity index is 479. The van der Waals surface area contributed by atoms with Gasteiger partial charge >= 0.3 is 0 Å². The number of nitrogens with two attached hydrogens (primary N) is 1. The van der Waals surface area contributed by atoms with Gasteiger partial charge in [0.2, 0.25) is 0 Å². The van der Waals surface area contributed by atoms with Crippen molar-refractivity contribution in [2.45, 2.75) is 13.2 Å². The van der Waals surface area contributed by atoms with Crippen LogP contribution in [0.2, 0.25) is 0 Å². The summed E-state index contributed by atoms with van der Waals surface area (Å²) in [6.07, 6.45) is 3.88. The Morgan fingerprint density at radius 2 is 2.24 bits per heavy atom. The number of hydrogen-bond donors (Lipinski definition) is 1. The Balaban J connectivity index is 2.22. The Morgan fingerprint density at radius 1 is 1.35 bits per heavy atom. The van der Waals surface area contributed by atoms with Crippen LogP contribution in [0.3, 0.4) is 0 Å². The summed E-state index contributed by atoms with van der Waals surface area (Å²) >= 11 is 0. The van der Waals surface area contributed by atoms with Gasteiger partial charge in [0, 0.05) is 25.4 Å². The molecule has 90 valence electrons. The standard InChI is InChI=1S/C13H17N3O/c1-17-10-11-3-2-4-12(7-11)13-8-15-16(9-13)6-5-14/h2-4,7-9H,5-6,10,14H2,1H3. The molecule has 2 aromatic rings. The van der Waals surface area contributed by atoms with Crippen molar-refractivity contribution in [1.82, 2.24) is 9.78 Å². The second-order valence-electron chi connectivity index (χ2n) is 3.91. The zero-order valence-electron chi connectivity index (χ0n) is 9.97. The average Bonchev–Trinajstić information content (AvgIpc) is 2.79. The maximum absolute atomic E-state index is 5.49. The minimum Gasteiger partial charge on any atom is -0.380 e. The van der Waals surface area contributed by atoms with Crippen molar-refractivity contribution in [3.8, 4) is 11.1 Å². The number of ether oxygens (including phenoxy) is 1. The predicted octanol–water partition coefficient (Wildman–Crippen LogP) is 1.66. The molecule has 0 amide bonds. The quantitative estimate of drug-likeness (QED) is 0.851. The fourth-order valence-corrected chi connectivity index (χ4v) is 1.77. The monoisotopic (exact) mass is 231 g/mol. The van der Waals surface area contributed by atoms with E-state index in [1.165, 1.54) is 0 Å². The van der Waals surface area contributed by atoms with Gasteiger partial charge in [-0.25, -0.2) is 0 Å². The summed E-state index contributed by atoms with van der Waals surface area (Å²) < 4.78 is 6.98. The van der Waals surface area contributed by atoms with E-state index in [0.29, 0.717) is 13.2 Å². The van der Waals surface area contributed by atoms with E-state index in [1.807, 2.05) is 23.1 Å². The van der Waals surface area contributed by atoms with Gasteiger partial charge in [0.25, 0.3) is 0 Å². The van der Waals surface area contributed by atoms with E-state index in [-0.39, 0.29) is 0 Å². The van der Waals surface area contributed by atoms with Crippen molar-refractivity contribution in [2.24, 2.45) is 5.73 Å². The highest BCUT2D eigenvalue weighted by Crippen LogP contribution is 2.20. The molecule has 4 heteroatoms. The molecule has 0 aliphatic carbocycles. The first-order valence-electron chi connectivity index (χ1n) is 5.64. The molecule has 4 nitrogen and oxygen atoms in total. The van der Waals surface area contributed by atoms with Crippen LogP contribution < -0.4 is 5.73 Å². The Labute approximate surface area is 101 Å². The molecule has 0 spiro atoms. The van der Waals surface area contributed by atoms with Crippen LogP contribution in [0.15, 0.2) is 36.7 Å². The summed E-state index contributed by atoms with van der Waals surface area (Å²) in [7, 11) is 1.70. The van der Waals surface area contributed by atoms with E-state index in [4.69, 9.17) is 10.5 Å². The van der Waals surface area contributed by atoms with Crippen molar-refractivity contribution in [1.29, 1.82) is 0 Å². The maximum atomic E-state index is 5.49. The number of benzene rings is 1. The smallest absolute Gasteiger partial charge is 0.0713 e. The van der Waals surface area contributed by atoms with Crippen LogP contribution >= 0.6 is 0 Å². The normalized spacial score (nSPS) is 10.7. The van der Waals surface area contributed by atoms with Crippen LogP contribution in [0.1, 0.15) is 5.56 Å². The topological polar surface area (TPSA) is 53.1 Å². The van der Waals surface area contributed by atoms with Crippen molar-refractivity contribution in [3.05, 3.63) is 42.2 Å². The molecule has 1 aromatic heterocycles. The first-order valence-corrected chi connectivity index (χ1v) is 5.64. The number of methoxy groups -OCH3 is 1. The Hall–Kier alpha value is -1.65. The summed E-state index contributed by atoms with van der Waals surface area (Å²) in [5.74, 6) is 0. The number of rotatable bonds is 5. The highest BCUT2D eigenvalue weighted by Gasteiger charge is 2.02. The van der Waals surface area contributed by atoms with Crippen molar-refractivity contribution in [2.75, 3.05) is 13.7 Å². The molecular formula is C13H17N3O. The largest absolute Gasteiger partial charge is 0.380 e. The predicted molar refractivity (Wildman–Crippen MR) is 67.4 cm³/mol. The zero-order valence-corrected chi connectivity index (χ0v) is 9.97. The average molecular weight is 231 g/mol. The van der Waals surface area contributed by atoms with E-state index in [9.17, 15) is 0 Å². The lowest BCUT2D eigenvalue weighted by Gasteiger charge is -2.02. The molecule has 0 aliphatic rings. The van der Waals surface area contributed by atoms with E-state index in [2.05, 4.69) is 23.3 Å². The van der Waals surface area contributed by atoms with Crippen LogP contribution in [0.25, 0.3) is 11.1 Å². The van der Waals surface area contributed by atoms with Crippen LogP contribution in [0.4, 0.5) is 0 Å². The van der Waals surface area contributed by atoms with Gasteiger partial charge in [-0.15, -0.1) is 0 Å². The van der Waals surface area contributed by atoms with Gasteiger partial charge in [-0.2, -0.15) is 5.10 Å². The molecule has 0 unspecified atom stereocenters. The summed E-state index contributed by atoms with van der Waals surface area (Å²) in [6, 6.07) is 8.28. The fourth-order valence-electron chi connectivity index (χ4n) is 1.77. The van der Waals surface area contributed by atoms with E-state index in [1.54, 1.807) is 7.11 Å². The number of nitrogens with zero attached hydrogens (tertiary/aromatic N) is 2. The zero-order chi connectivity index (χ0) is 12.1. The molecule has 0 atom stereocenters. The van der Waals surface area contributed by atoms with E-state index in [0.717, 1.165) is 23.2 Å². The van der Waals surface area contributed by atoms with Gasteiger partial charge in [-0.3, -0.25) is 4.68 Å². The lowest BCUT2D eigenvalue weighted by molar-refractivity contribution is 0.185. The molecule has 0 saturated carbocycles. The summed E-state index contributed by atoms with van der Waals surface area (Å²) in [5.41, 5.74) is 8.92. The highest BCUT2D eigenvalue weighted by molar-refractivity contribution is 5.62. The van der Waals surface area contributed by atoms with Crippen LogP contribution in [0.5, 0.6) is 0 Å². The molecule has 0 aliphatic heterocycles. The number of hydrogen-bond acceptors (Lipinski definition) is 3. The summed E-state index contributed by atoms with van der Waals surface area (Å²) in [6.45, 7) is 1.98. The Morgan fingerprint density at radius 3 is 3.00 bits per heavy atom. The molecule has 1 aromatic carbocycles. The van der Waals surface area contributed by atoms with Crippen molar-refractivity contribution >= 4 is 0 Å². The molecule has 0 saturated heterocycles. The van der Waals surface area contributed by atoms with Crippen LogP contribution in [0, 0.1) is 0 Å².